The minimum absolute atomic E-state index is 0.0431. The van der Waals surface area contributed by atoms with Crippen molar-refractivity contribution in [3.63, 3.8) is 0 Å². The third-order valence-electron chi connectivity index (χ3n) is 4.61. The number of aromatic nitrogens is 2. The zero-order valence-corrected chi connectivity index (χ0v) is 12.2. The molecule has 3 aromatic rings. The first-order chi connectivity index (χ1) is 10.8. The van der Waals surface area contributed by atoms with E-state index in [9.17, 15) is 4.79 Å². The van der Waals surface area contributed by atoms with Gasteiger partial charge in [-0.05, 0) is 30.9 Å². The Bertz CT molecular complexity index is 818. The van der Waals surface area contributed by atoms with E-state index in [1.807, 2.05) is 36.4 Å². The largest absolute Gasteiger partial charge is 0.342 e. The van der Waals surface area contributed by atoms with Crippen molar-refractivity contribution in [3.05, 3.63) is 65.9 Å². The summed E-state index contributed by atoms with van der Waals surface area (Å²) in [4.78, 5) is 12.8. The van der Waals surface area contributed by atoms with Crippen LogP contribution in [0.3, 0.4) is 0 Å². The fourth-order valence-electron chi connectivity index (χ4n) is 3.22. The number of carbonyl (C=O) groups is 1. The van der Waals surface area contributed by atoms with E-state index in [0.717, 1.165) is 30.2 Å². The number of hydrogen-bond donors (Lipinski definition) is 2. The van der Waals surface area contributed by atoms with Crippen LogP contribution >= 0.6 is 0 Å². The van der Waals surface area contributed by atoms with E-state index < -0.39 is 0 Å². The number of rotatable bonds is 3. The van der Waals surface area contributed by atoms with Crippen LogP contribution in [0.1, 0.15) is 35.2 Å². The Labute approximate surface area is 128 Å². The molecule has 110 valence electrons. The molecule has 4 rings (SSSR count). The lowest BCUT2D eigenvalue weighted by Crippen LogP contribution is -2.50. The number of carbonyl (C=O) groups excluding carboxylic acids is 1. The first kappa shape index (κ1) is 13.1. The van der Waals surface area contributed by atoms with Gasteiger partial charge >= 0.3 is 0 Å². The maximum Gasteiger partial charge on any atom is 0.254 e. The molecule has 2 aromatic carbocycles. The summed E-state index contributed by atoms with van der Waals surface area (Å²) in [5.74, 6) is -0.0431. The number of amides is 1. The van der Waals surface area contributed by atoms with E-state index in [1.165, 1.54) is 5.56 Å². The standard InChI is InChI=1S/C18H17N3O/c22-17(15-9-4-6-13-12-19-21-16(13)15)20-18(10-5-11-18)14-7-2-1-3-8-14/h1-4,6-9,12H,5,10-11H2,(H,19,21)(H,20,22). The van der Waals surface area contributed by atoms with Crippen LogP contribution in [-0.4, -0.2) is 16.1 Å². The van der Waals surface area contributed by atoms with Crippen molar-refractivity contribution in [2.45, 2.75) is 24.8 Å². The minimum Gasteiger partial charge on any atom is -0.342 e. The predicted molar refractivity (Wildman–Crippen MR) is 85.5 cm³/mol. The number of nitrogens with zero attached hydrogens (tertiary/aromatic N) is 1. The monoisotopic (exact) mass is 291 g/mol. The Morgan fingerprint density at radius 1 is 1.09 bits per heavy atom. The number of fused-ring (bicyclic) bond motifs is 1. The quantitative estimate of drug-likeness (QED) is 0.777. The fourth-order valence-corrected chi connectivity index (χ4v) is 3.22. The number of nitrogens with one attached hydrogen (secondary N) is 2. The lowest BCUT2D eigenvalue weighted by molar-refractivity contribution is 0.0825. The average molecular weight is 291 g/mol. The van der Waals surface area contributed by atoms with Crippen molar-refractivity contribution in [3.8, 4) is 0 Å². The topological polar surface area (TPSA) is 57.8 Å². The van der Waals surface area contributed by atoms with Crippen LogP contribution in [0.4, 0.5) is 0 Å². The summed E-state index contributed by atoms with van der Waals surface area (Å²) >= 11 is 0. The van der Waals surface area contributed by atoms with E-state index in [1.54, 1.807) is 6.20 Å². The number of H-pyrrole nitrogens is 1. The second-order valence-electron chi connectivity index (χ2n) is 5.90. The maximum atomic E-state index is 12.8. The van der Waals surface area contributed by atoms with Crippen LogP contribution in [0.5, 0.6) is 0 Å². The molecular formula is C18H17N3O. The molecule has 1 amide bonds. The molecular weight excluding hydrogens is 274 g/mol. The van der Waals surface area contributed by atoms with E-state index >= 15 is 0 Å². The summed E-state index contributed by atoms with van der Waals surface area (Å²) in [7, 11) is 0. The molecule has 22 heavy (non-hydrogen) atoms. The molecule has 4 nitrogen and oxygen atoms in total. The molecule has 0 radical (unpaired) electrons. The van der Waals surface area contributed by atoms with Crippen molar-refractivity contribution in [2.24, 2.45) is 0 Å². The molecule has 1 aliphatic carbocycles. The summed E-state index contributed by atoms with van der Waals surface area (Å²) in [6.07, 6.45) is 4.86. The molecule has 1 saturated carbocycles. The smallest absolute Gasteiger partial charge is 0.254 e. The molecule has 1 aliphatic rings. The van der Waals surface area contributed by atoms with E-state index in [0.29, 0.717) is 5.56 Å². The lowest BCUT2D eigenvalue weighted by atomic mass is 9.71. The molecule has 0 bridgehead atoms. The van der Waals surface area contributed by atoms with E-state index in [4.69, 9.17) is 0 Å². The summed E-state index contributed by atoms with van der Waals surface area (Å²) in [6.45, 7) is 0. The molecule has 1 fully saturated rings. The zero-order valence-electron chi connectivity index (χ0n) is 12.2. The maximum absolute atomic E-state index is 12.8. The second-order valence-corrected chi connectivity index (χ2v) is 5.90. The van der Waals surface area contributed by atoms with Gasteiger partial charge in [-0.25, -0.2) is 0 Å². The molecule has 0 unspecified atom stereocenters. The van der Waals surface area contributed by atoms with E-state index in [-0.39, 0.29) is 11.4 Å². The minimum atomic E-state index is -0.222. The number of para-hydroxylation sites is 1. The van der Waals surface area contributed by atoms with Gasteiger partial charge in [0.05, 0.1) is 22.8 Å². The summed E-state index contributed by atoms with van der Waals surface area (Å²) in [5, 5.41) is 11.2. The van der Waals surface area contributed by atoms with Crippen LogP contribution in [0.2, 0.25) is 0 Å². The molecule has 0 spiro atoms. The molecule has 0 saturated heterocycles. The van der Waals surface area contributed by atoms with Gasteiger partial charge in [0.2, 0.25) is 0 Å². The van der Waals surface area contributed by atoms with Gasteiger partial charge in [-0.2, -0.15) is 5.10 Å². The van der Waals surface area contributed by atoms with E-state index in [2.05, 4.69) is 27.6 Å². The van der Waals surface area contributed by atoms with Gasteiger partial charge in [-0.15, -0.1) is 0 Å². The van der Waals surface area contributed by atoms with Crippen molar-refractivity contribution in [2.75, 3.05) is 0 Å². The van der Waals surface area contributed by atoms with Gasteiger partial charge in [0.25, 0.3) is 5.91 Å². The van der Waals surface area contributed by atoms with Crippen molar-refractivity contribution >= 4 is 16.8 Å². The van der Waals surface area contributed by atoms with Crippen LogP contribution in [0.15, 0.2) is 54.7 Å². The molecule has 0 aliphatic heterocycles. The molecule has 4 heteroatoms. The van der Waals surface area contributed by atoms with Crippen LogP contribution < -0.4 is 5.32 Å². The van der Waals surface area contributed by atoms with Gasteiger partial charge in [0.15, 0.2) is 0 Å². The van der Waals surface area contributed by atoms with Crippen LogP contribution in [0, 0.1) is 0 Å². The van der Waals surface area contributed by atoms with Gasteiger partial charge in [0.1, 0.15) is 0 Å². The third-order valence-corrected chi connectivity index (χ3v) is 4.61. The highest BCUT2D eigenvalue weighted by atomic mass is 16.1. The number of aromatic amines is 1. The van der Waals surface area contributed by atoms with Gasteiger partial charge < -0.3 is 5.32 Å². The van der Waals surface area contributed by atoms with Gasteiger partial charge in [-0.3, -0.25) is 9.89 Å². The normalized spacial score (nSPS) is 16.2. The highest BCUT2D eigenvalue weighted by Gasteiger charge is 2.40. The second kappa shape index (κ2) is 4.98. The Morgan fingerprint density at radius 2 is 1.91 bits per heavy atom. The van der Waals surface area contributed by atoms with Crippen LogP contribution in [-0.2, 0) is 5.54 Å². The number of benzene rings is 2. The number of hydrogen-bond acceptors (Lipinski definition) is 2. The highest BCUT2D eigenvalue weighted by Crippen LogP contribution is 2.41. The first-order valence-corrected chi connectivity index (χ1v) is 7.59. The Morgan fingerprint density at radius 3 is 2.64 bits per heavy atom. The van der Waals surface area contributed by atoms with Gasteiger partial charge in [0, 0.05) is 5.39 Å². The molecule has 1 aromatic heterocycles. The zero-order chi connectivity index (χ0) is 15.0. The van der Waals surface area contributed by atoms with Crippen molar-refractivity contribution < 1.29 is 4.79 Å². The SMILES string of the molecule is O=C(NC1(c2ccccc2)CCC1)c1cccc2cn[nH]c12. The average Bonchev–Trinajstić information content (AvgIpc) is 3.00. The van der Waals surface area contributed by atoms with Crippen LogP contribution in [0.25, 0.3) is 10.9 Å². The molecule has 2 N–H and O–H groups in total. The summed E-state index contributed by atoms with van der Waals surface area (Å²) in [5.41, 5.74) is 2.41. The highest BCUT2D eigenvalue weighted by molar-refractivity contribution is 6.05. The first-order valence-electron chi connectivity index (χ1n) is 7.59. The fraction of sp³-hybridized carbons (Fsp3) is 0.222. The summed E-state index contributed by atoms with van der Waals surface area (Å²) < 4.78 is 0. The van der Waals surface area contributed by atoms with Gasteiger partial charge in [-0.1, -0.05) is 42.5 Å². The predicted octanol–water partition coefficient (Wildman–Crippen LogP) is 3.37. The lowest BCUT2D eigenvalue weighted by Gasteiger charge is -2.43. The van der Waals surface area contributed by atoms with Crippen molar-refractivity contribution in [1.29, 1.82) is 0 Å². The Balaban J connectivity index is 1.68. The Kier molecular flexibility index (Phi) is 2.96. The third kappa shape index (κ3) is 1.99. The molecule has 0 atom stereocenters. The summed E-state index contributed by atoms with van der Waals surface area (Å²) in [6, 6.07) is 15.9. The van der Waals surface area contributed by atoms with Crippen molar-refractivity contribution in [1.82, 2.24) is 15.5 Å². The molecule has 1 heterocycles. The Hall–Kier alpha value is -2.62.